The number of alkyl halides is 3. The summed E-state index contributed by atoms with van der Waals surface area (Å²) in [5.41, 5.74) is 0.461. The Bertz CT molecular complexity index is 273. The molecule has 1 rings (SSSR count). The van der Waals surface area contributed by atoms with Crippen LogP contribution in [-0.4, -0.2) is 4.98 Å². The summed E-state index contributed by atoms with van der Waals surface area (Å²) in [6, 6.07) is 1.15. The molecule has 1 nitrogen and oxygen atoms in total. The van der Waals surface area contributed by atoms with E-state index in [1.54, 1.807) is 6.92 Å². The monoisotopic (exact) mass is 175 g/mol. The van der Waals surface area contributed by atoms with Gasteiger partial charge in [0.25, 0.3) is 6.43 Å². The van der Waals surface area contributed by atoms with E-state index in [-0.39, 0.29) is 11.1 Å². The van der Waals surface area contributed by atoms with Gasteiger partial charge in [0.05, 0.1) is 0 Å². The molecule has 1 aromatic heterocycles. The van der Waals surface area contributed by atoms with Crippen molar-refractivity contribution in [1.82, 2.24) is 4.98 Å². The van der Waals surface area contributed by atoms with E-state index in [0.29, 0.717) is 5.69 Å². The highest BCUT2D eigenvalue weighted by molar-refractivity contribution is 5.24. The molecule has 0 aliphatic carbocycles. The first-order valence-electron chi connectivity index (χ1n) is 3.44. The van der Waals surface area contributed by atoms with Crippen LogP contribution in [0.25, 0.3) is 0 Å². The molecule has 0 spiro atoms. The maximum absolute atomic E-state index is 12.1. The quantitative estimate of drug-likeness (QED) is 0.673. The lowest BCUT2D eigenvalue weighted by Crippen LogP contribution is -1.94. The SMILES string of the molecule is Cc1ncc(C(F)F)cc1CF. The molecule has 0 unspecified atom stereocenters. The van der Waals surface area contributed by atoms with Gasteiger partial charge in [0.1, 0.15) is 6.67 Å². The molecule has 0 fully saturated rings. The summed E-state index contributed by atoms with van der Waals surface area (Å²) in [4.78, 5) is 3.65. The van der Waals surface area contributed by atoms with Crippen LogP contribution < -0.4 is 0 Å². The summed E-state index contributed by atoms with van der Waals surface area (Å²) < 4.78 is 36.2. The number of halogens is 3. The molecule has 0 amide bonds. The van der Waals surface area contributed by atoms with Gasteiger partial charge in [-0.2, -0.15) is 0 Å². The predicted octanol–water partition coefficient (Wildman–Crippen LogP) is 2.80. The number of aromatic nitrogens is 1. The highest BCUT2D eigenvalue weighted by Gasteiger charge is 2.09. The average molecular weight is 175 g/mol. The summed E-state index contributed by atoms with van der Waals surface area (Å²) in [5, 5.41) is 0. The van der Waals surface area contributed by atoms with Crippen LogP contribution in [-0.2, 0) is 6.67 Å². The van der Waals surface area contributed by atoms with Gasteiger partial charge in [-0.25, -0.2) is 13.2 Å². The van der Waals surface area contributed by atoms with Gasteiger partial charge in [-0.3, -0.25) is 4.98 Å². The fourth-order valence-electron chi connectivity index (χ4n) is 0.852. The van der Waals surface area contributed by atoms with E-state index in [2.05, 4.69) is 4.98 Å². The second-order valence-corrected chi connectivity index (χ2v) is 2.45. The Morgan fingerprint density at radius 3 is 2.67 bits per heavy atom. The third-order valence-electron chi connectivity index (χ3n) is 1.61. The Labute approximate surface area is 68.2 Å². The van der Waals surface area contributed by atoms with Crippen molar-refractivity contribution in [1.29, 1.82) is 0 Å². The maximum atomic E-state index is 12.1. The molecule has 1 aromatic rings. The Morgan fingerprint density at radius 1 is 1.50 bits per heavy atom. The maximum Gasteiger partial charge on any atom is 0.265 e. The Balaban J connectivity index is 3.05. The topological polar surface area (TPSA) is 12.9 Å². The third-order valence-corrected chi connectivity index (χ3v) is 1.61. The zero-order valence-electron chi connectivity index (χ0n) is 6.52. The van der Waals surface area contributed by atoms with E-state index >= 15 is 0 Å². The molecule has 0 aromatic carbocycles. The molecule has 0 radical (unpaired) electrons. The highest BCUT2D eigenvalue weighted by Crippen LogP contribution is 2.20. The lowest BCUT2D eigenvalue weighted by molar-refractivity contribution is 0.150. The minimum Gasteiger partial charge on any atom is -0.261 e. The minimum atomic E-state index is -2.58. The van der Waals surface area contributed by atoms with E-state index in [1.807, 2.05) is 0 Å². The molecule has 0 aliphatic heterocycles. The number of hydrogen-bond donors (Lipinski definition) is 0. The van der Waals surface area contributed by atoms with Crippen LogP contribution in [0.15, 0.2) is 12.3 Å². The van der Waals surface area contributed by atoms with Gasteiger partial charge < -0.3 is 0 Å². The summed E-state index contributed by atoms with van der Waals surface area (Å²) >= 11 is 0. The summed E-state index contributed by atoms with van der Waals surface area (Å²) in [5.74, 6) is 0. The van der Waals surface area contributed by atoms with Crippen LogP contribution >= 0.6 is 0 Å². The zero-order valence-corrected chi connectivity index (χ0v) is 6.52. The molecule has 4 heteroatoms. The van der Waals surface area contributed by atoms with Crippen LogP contribution in [0, 0.1) is 6.92 Å². The van der Waals surface area contributed by atoms with Crippen molar-refractivity contribution >= 4 is 0 Å². The first kappa shape index (κ1) is 9.03. The van der Waals surface area contributed by atoms with Gasteiger partial charge in [0.15, 0.2) is 0 Å². The summed E-state index contributed by atoms with van der Waals surface area (Å²) in [6.07, 6.45) is -1.51. The lowest BCUT2D eigenvalue weighted by Gasteiger charge is -2.03. The average Bonchev–Trinajstić information content (AvgIpc) is 2.05. The van der Waals surface area contributed by atoms with Crippen molar-refractivity contribution in [2.24, 2.45) is 0 Å². The van der Waals surface area contributed by atoms with Gasteiger partial charge in [0.2, 0.25) is 0 Å². The second-order valence-electron chi connectivity index (χ2n) is 2.45. The van der Waals surface area contributed by atoms with Gasteiger partial charge >= 0.3 is 0 Å². The molecule has 0 N–H and O–H groups in total. The van der Waals surface area contributed by atoms with Crippen molar-refractivity contribution in [2.45, 2.75) is 20.0 Å². The number of pyridine rings is 1. The highest BCUT2D eigenvalue weighted by atomic mass is 19.3. The standard InChI is InChI=1S/C8H8F3N/c1-5-6(3-9)2-7(4-12-5)8(10)11/h2,4,8H,3H2,1H3. The first-order chi connectivity index (χ1) is 5.65. The molecule has 12 heavy (non-hydrogen) atoms. The predicted molar refractivity (Wildman–Crippen MR) is 38.7 cm³/mol. The molecular formula is C8H8F3N. The van der Waals surface area contributed by atoms with E-state index in [9.17, 15) is 13.2 Å². The summed E-state index contributed by atoms with van der Waals surface area (Å²) in [6.45, 7) is 0.837. The number of nitrogens with zero attached hydrogens (tertiary/aromatic N) is 1. The van der Waals surface area contributed by atoms with Crippen molar-refractivity contribution < 1.29 is 13.2 Å². The van der Waals surface area contributed by atoms with Crippen molar-refractivity contribution in [3.63, 3.8) is 0 Å². The van der Waals surface area contributed by atoms with Crippen LogP contribution in [0.3, 0.4) is 0 Å². The second kappa shape index (κ2) is 3.56. The first-order valence-corrected chi connectivity index (χ1v) is 3.44. The van der Waals surface area contributed by atoms with Gasteiger partial charge in [-0.15, -0.1) is 0 Å². The smallest absolute Gasteiger partial charge is 0.261 e. The van der Waals surface area contributed by atoms with Crippen molar-refractivity contribution in [3.8, 4) is 0 Å². The van der Waals surface area contributed by atoms with Crippen LogP contribution in [0.2, 0.25) is 0 Å². The molecule has 0 atom stereocenters. The van der Waals surface area contributed by atoms with Gasteiger partial charge in [-0.1, -0.05) is 0 Å². The van der Waals surface area contributed by atoms with Crippen LogP contribution in [0.1, 0.15) is 23.2 Å². The molecule has 0 bridgehead atoms. The summed E-state index contributed by atoms with van der Waals surface area (Å²) in [7, 11) is 0. The normalized spacial score (nSPS) is 10.8. The fourth-order valence-corrected chi connectivity index (χ4v) is 0.852. The molecule has 66 valence electrons. The van der Waals surface area contributed by atoms with Crippen molar-refractivity contribution in [3.05, 3.63) is 29.1 Å². The van der Waals surface area contributed by atoms with E-state index in [4.69, 9.17) is 0 Å². The molecule has 0 saturated carbocycles. The Kier molecular flexibility index (Phi) is 2.68. The molecular weight excluding hydrogens is 167 g/mol. The largest absolute Gasteiger partial charge is 0.265 e. The number of hydrogen-bond acceptors (Lipinski definition) is 1. The number of aryl methyl sites for hydroxylation is 1. The van der Waals surface area contributed by atoms with Crippen LogP contribution in [0.5, 0.6) is 0 Å². The molecule has 1 heterocycles. The Hall–Kier alpha value is -1.06. The fraction of sp³-hybridized carbons (Fsp3) is 0.375. The Morgan fingerprint density at radius 2 is 2.17 bits per heavy atom. The molecule has 0 aliphatic rings. The van der Waals surface area contributed by atoms with Gasteiger partial charge in [-0.05, 0) is 13.0 Å². The molecule has 0 saturated heterocycles. The van der Waals surface area contributed by atoms with Crippen LogP contribution in [0.4, 0.5) is 13.2 Å². The van der Waals surface area contributed by atoms with Gasteiger partial charge in [0, 0.05) is 23.0 Å². The zero-order chi connectivity index (χ0) is 9.14. The van der Waals surface area contributed by atoms with Crippen molar-refractivity contribution in [2.75, 3.05) is 0 Å². The lowest BCUT2D eigenvalue weighted by atomic mass is 10.1. The van der Waals surface area contributed by atoms with E-state index < -0.39 is 13.1 Å². The van der Waals surface area contributed by atoms with E-state index in [0.717, 1.165) is 12.3 Å². The van der Waals surface area contributed by atoms with E-state index in [1.165, 1.54) is 0 Å². The number of rotatable bonds is 2. The minimum absolute atomic E-state index is 0.228. The third kappa shape index (κ3) is 1.75.